The van der Waals surface area contributed by atoms with Gasteiger partial charge in [0, 0.05) is 17.7 Å². The molecule has 0 amide bonds. The largest absolute Gasteiger partial charge is 0.493 e. The number of carboxylic acids is 1. The van der Waals surface area contributed by atoms with Gasteiger partial charge >= 0.3 is 5.97 Å². The zero-order valence-electron chi connectivity index (χ0n) is 18.4. The quantitative estimate of drug-likeness (QED) is 0.610. The van der Waals surface area contributed by atoms with Gasteiger partial charge in [-0.25, -0.2) is 9.78 Å². The van der Waals surface area contributed by atoms with Gasteiger partial charge in [0.25, 0.3) is 0 Å². The molecule has 32 heavy (non-hydrogen) atoms. The van der Waals surface area contributed by atoms with Crippen LogP contribution < -0.4 is 4.74 Å². The van der Waals surface area contributed by atoms with E-state index in [4.69, 9.17) is 14.6 Å². The molecule has 2 heterocycles. The first kappa shape index (κ1) is 21.9. The highest BCUT2D eigenvalue weighted by atomic mass is 32.1. The third-order valence-corrected chi connectivity index (χ3v) is 8.54. The topological polar surface area (TPSA) is 88.9 Å². The Morgan fingerprint density at radius 2 is 2.12 bits per heavy atom. The highest BCUT2D eigenvalue weighted by Crippen LogP contribution is 2.46. The van der Waals surface area contributed by atoms with Gasteiger partial charge in [0.05, 0.1) is 18.8 Å². The number of rotatable bonds is 7. The minimum Gasteiger partial charge on any atom is -0.493 e. The number of aliphatic hydroxyl groups is 1. The van der Waals surface area contributed by atoms with E-state index < -0.39 is 12.1 Å². The molecule has 2 aromatic rings. The van der Waals surface area contributed by atoms with E-state index in [-0.39, 0.29) is 29.7 Å². The molecule has 5 atom stereocenters. The number of thiazole rings is 1. The fourth-order valence-electron chi connectivity index (χ4n) is 5.55. The van der Waals surface area contributed by atoms with E-state index >= 15 is 0 Å². The predicted molar refractivity (Wildman–Crippen MR) is 121 cm³/mol. The van der Waals surface area contributed by atoms with Crippen LogP contribution in [0.2, 0.25) is 0 Å². The summed E-state index contributed by atoms with van der Waals surface area (Å²) in [4.78, 5) is 15.3. The number of benzene rings is 1. The van der Waals surface area contributed by atoms with E-state index in [2.05, 4.69) is 30.1 Å². The number of carbonyl (C=O) groups is 1. The Bertz CT molecular complexity index is 971. The lowest BCUT2D eigenvalue weighted by molar-refractivity contribution is -0.0811. The maximum absolute atomic E-state index is 11.1. The first-order chi connectivity index (χ1) is 15.5. The van der Waals surface area contributed by atoms with Crippen molar-refractivity contribution in [3.05, 3.63) is 45.4 Å². The number of aromatic nitrogens is 1. The van der Waals surface area contributed by atoms with Crippen molar-refractivity contribution in [3.8, 4) is 5.75 Å². The van der Waals surface area contributed by atoms with Crippen LogP contribution >= 0.6 is 11.3 Å². The van der Waals surface area contributed by atoms with E-state index in [1.54, 1.807) is 5.38 Å². The molecule has 0 unspecified atom stereocenters. The second kappa shape index (κ2) is 9.12. The van der Waals surface area contributed by atoms with Crippen molar-refractivity contribution < 1.29 is 24.5 Å². The molecule has 1 aromatic carbocycles. The number of hydrogen-bond acceptors (Lipinski definition) is 6. The van der Waals surface area contributed by atoms with Crippen molar-refractivity contribution in [3.63, 3.8) is 0 Å². The number of ether oxygens (including phenoxy) is 2. The molecule has 5 rings (SSSR count). The molecule has 2 saturated carbocycles. The molecule has 6 nitrogen and oxygen atoms in total. The lowest BCUT2D eigenvalue weighted by Gasteiger charge is -2.34. The first-order valence-electron chi connectivity index (χ1n) is 11.8. The third kappa shape index (κ3) is 4.18. The summed E-state index contributed by atoms with van der Waals surface area (Å²) in [5, 5.41) is 22.2. The molecule has 0 spiro atoms. The monoisotopic (exact) mass is 457 g/mol. The van der Waals surface area contributed by atoms with Gasteiger partial charge in [-0.1, -0.05) is 19.4 Å². The fourth-order valence-corrected chi connectivity index (χ4v) is 6.42. The third-order valence-electron chi connectivity index (χ3n) is 7.60. The Balaban J connectivity index is 1.22. The smallest absolute Gasteiger partial charge is 0.355 e. The van der Waals surface area contributed by atoms with Crippen LogP contribution in [-0.2, 0) is 11.2 Å². The second-order valence-electron chi connectivity index (χ2n) is 9.40. The Kier molecular flexibility index (Phi) is 6.23. The molecular weight excluding hydrogens is 426 g/mol. The molecule has 1 aromatic heterocycles. The molecule has 1 saturated heterocycles. The van der Waals surface area contributed by atoms with Crippen molar-refractivity contribution in [2.45, 2.75) is 76.1 Å². The molecular formula is C25H31NO5S. The van der Waals surface area contributed by atoms with Crippen LogP contribution in [0.4, 0.5) is 0 Å². The summed E-state index contributed by atoms with van der Waals surface area (Å²) in [7, 11) is 0. The van der Waals surface area contributed by atoms with Gasteiger partial charge < -0.3 is 19.7 Å². The van der Waals surface area contributed by atoms with Gasteiger partial charge in [0.15, 0.2) is 5.69 Å². The Morgan fingerprint density at radius 3 is 2.81 bits per heavy atom. The second-order valence-corrected chi connectivity index (χ2v) is 10.3. The molecule has 172 valence electrons. The Hall–Kier alpha value is -1.96. The molecule has 2 N–H and O–H groups in total. The molecule has 2 aliphatic carbocycles. The van der Waals surface area contributed by atoms with Gasteiger partial charge in [-0.15, -0.1) is 11.3 Å². The lowest BCUT2D eigenvalue weighted by Crippen LogP contribution is -2.33. The van der Waals surface area contributed by atoms with E-state index in [1.807, 2.05) is 0 Å². The molecule has 1 aliphatic heterocycles. The standard InChI is InChI=1S/C25H31NO5S/c1-2-14-6-7-16(10-18(14)15-4-3-5-15)30-12-19-17-8-9-22(31-23(17)11-21(19)27)24-26-20(13-32-24)25(28)29/h6-7,10,13,15,17,19,21-23,27H,2-5,8-9,11-12H2,1H3,(H,28,29)/t17-,19-,21+,22-,23+/m1/s1. The predicted octanol–water partition coefficient (Wildman–Crippen LogP) is 4.97. The summed E-state index contributed by atoms with van der Waals surface area (Å²) in [5.74, 6) is 0.859. The lowest BCUT2D eigenvalue weighted by atomic mass is 9.78. The SMILES string of the molecule is CCc1ccc(OC[C@@H]2[C@H]3CC[C@H](c4nc(C(=O)O)cs4)O[C@H]3C[C@@H]2O)cc1C1CCC1. The fraction of sp³-hybridized carbons (Fsp3) is 0.600. The summed E-state index contributed by atoms with van der Waals surface area (Å²) < 4.78 is 12.5. The van der Waals surface area contributed by atoms with Gasteiger partial charge in [-0.3, -0.25) is 0 Å². The normalized spacial score (nSPS) is 30.0. The molecule has 0 radical (unpaired) electrons. The van der Waals surface area contributed by atoms with Crippen LogP contribution in [0.5, 0.6) is 5.75 Å². The van der Waals surface area contributed by atoms with Gasteiger partial charge in [0.1, 0.15) is 16.9 Å². The number of nitrogens with zero attached hydrogens (tertiary/aromatic N) is 1. The van der Waals surface area contributed by atoms with E-state index in [0.29, 0.717) is 18.9 Å². The summed E-state index contributed by atoms with van der Waals surface area (Å²) in [6.07, 6.45) is 6.53. The van der Waals surface area contributed by atoms with Crippen molar-refractivity contribution in [2.24, 2.45) is 11.8 Å². The maximum atomic E-state index is 11.1. The van der Waals surface area contributed by atoms with Crippen molar-refractivity contribution in [1.82, 2.24) is 4.98 Å². The average molecular weight is 458 g/mol. The van der Waals surface area contributed by atoms with Crippen LogP contribution in [0.25, 0.3) is 0 Å². The zero-order valence-corrected chi connectivity index (χ0v) is 19.2. The number of fused-ring (bicyclic) bond motifs is 1. The van der Waals surface area contributed by atoms with Gasteiger partial charge in [-0.2, -0.15) is 0 Å². The van der Waals surface area contributed by atoms with Crippen molar-refractivity contribution in [1.29, 1.82) is 0 Å². The summed E-state index contributed by atoms with van der Waals surface area (Å²) >= 11 is 1.34. The number of aryl methyl sites for hydroxylation is 1. The van der Waals surface area contributed by atoms with Crippen LogP contribution in [0.3, 0.4) is 0 Å². The molecule has 3 fully saturated rings. The minimum atomic E-state index is -1.01. The zero-order chi connectivity index (χ0) is 22.2. The minimum absolute atomic E-state index is 0.0393. The van der Waals surface area contributed by atoms with Gasteiger partial charge in [-0.05, 0) is 67.2 Å². The number of carboxylic acid groups (broad SMARTS) is 1. The van der Waals surface area contributed by atoms with Crippen LogP contribution in [0, 0.1) is 11.8 Å². The Morgan fingerprint density at radius 1 is 1.28 bits per heavy atom. The van der Waals surface area contributed by atoms with E-state index in [0.717, 1.165) is 30.0 Å². The van der Waals surface area contributed by atoms with E-state index in [9.17, 15) is 9.90 Å². The molecule has 0 bridgehead atoms. The van der Waals surface area contributed by atoms with E-state index in [1.165, 1.54) is 41.7 Å². The van der Waals surface area contributed by atoms with Crippen molar-refractivity contribution >= 4 is 17.3 Å². The summed E-state index contributed by atoms with van der Waals surface area (Å²) in [6, 6.07) is 6.48. The number of aromatic carboxylic acids is 1. The molecule has 3 aliphatic rings. The first-order valence-corrected chi connectivity index (χ1v) is 12.7. The number of aliphatic hydroxyl groups excluding tert-OH is 1. The molecule has 7 heteroatoms. The Labute approximate surface area is 192 Å². The summed E-state index contributed by atoms with van der Waals surface area (Å²) in [6.45, 7) is 2.70. The van der Waals surface area contributed by atoms with Crippen LogP contribution in [0.1, 0.15) is 84.1 Å². The highest BCUT2D eigenvalue weighted by molar-refractivity contribution is 7.09. The number of hydrogen-bond donors (Lipinski definition) is 2. The van der Waals surface area contributed by atoms with Crippen molar-refractivity contribution in [2.75, 3.05) is 6.61 Å². The highest BCUT2D eigenvalue weighted by Gasteiger charge is 2.47. The summed E-state index contributed by atoms with van der Waals surface area (Å²) in [5.41, 5.74) is 2.93. The average Bonchev–Trinajstić information content (AvgIpc) is 3.35. The van der Waals surface area contributed by atoms with Crippen LogP contribution in [0.15, 0.2) is 23.6 Å². The van der Waals surface area contributed by atoms with Gasteiger partial charge in [0.2, 0.25) is 0 Å². The maximum Gasteiger partial charge on any atom is 0.355 e. The van der Waals surface area contributed by atoms with Crippen LogP contribution in [-0.4, -0.2) is 40.0 Å².